The summed E-state index contributed by atoms with van der Waals surface area (Å²) in [6, 6.07) is 10.1. The number of thioether (sulfide) groups is 1. The second-order valence-electron chi connectivity index (χ2n) is 12.0. The van der Waals surface area contributed by atoms with Gasteiger partial charge < -0.3 is 9.15 Å². The minimum atomic E-state index is 0.0752. The molecule has 1 aromatic heterocycles. The number of benzene rings is 1. The van der Waals surface area contributed by atoms with Crippen molar-refractivity contribution in [3.63, 3.8) is 0 Å². The largest absolute Gasteiger partial charge is 0.456 e. The van der Waals surface area contributed by atoms with E-state index in [1.54, 1.807) is 0 Å². The van der Waals surface area contributed by atoms with Gasteiger partial charge in [-0.3, -0.25) is 14.6 Å². The first-order valence-corrected chi connectivity index (χ1v) is 16.1. The highest BCUT2D eigenvalue weighted by Crippen LogP contribution is 2.56. The lowest BCUT2D eigenvalue weighted by Crippen LogP contribution is -2.57. The van der Waals surface area contributed by atoms with Crippen LogP contribution in [-0.2, 0) is 16.0 Å². The summed E-state index contributed by atoms with van der Waals surface area (Å²) in [6.07, 6.45) is 10.3. The predicted octanol–water partition coefficient (Wildman–Crippen LogP) is 6.89. The predicted molar refractivity (Wildman–Crippen MR) is 161 cm³/mol. The summed E-state index contributed by atoms with van der Waals surface area (Å²) in [4.78, 5) is 19.0. The summed E-state index contributed by atoms with van der Waals surface area (Å²) < 4.78 is 12.6. The van der Waals surface area contributed by atoms with Crippen molar-refractivity contribution in [3.05, 3.63) is 51.6 Å². The molecule has 3 heterocycles. The topological polar surface area (TPSA) is 45.9 Å². The summed E-state index contributed by atoms with van der Waals surface area (Å²) in [5, 5.41) is 0.699. The Bertz CT molecular complexity index is 1260. The molecule has 0 unspecified atom stereocenters. The molecule has 0 atom stereocenters. The van der Waals surface area contributed by atoms with Crippen LogP contribution in [-0.4, -0.2) is 58.9 Å². The van der Waals surface area contributed by atoms with E-state index in [1.807, 2.05) is 35.2 Å². The second kappa shape index (κ2) is 11.0. The summed E-state index contributed by atoms with van der Waals surface area (Å²) in [5.74, 6) is 4.60. The van der Waals surface area contributed by atoms with E-state index in [2.05, 4.69) is 11.0 Å². The van der Waals surface area contributed by atoms with Crippen molar-refractivity contribution in [3.8, 4) is 11.3 Å². The van der Waals surface area contributed by atoms with Crippen LogP contribution in [0, 0.1) is 23.7 Å². The highest BCUT2D eigenvalue weighted by Gasteiger charge is 2.53. The van der Waals surface area contributed by atoms with Crippen LogP contribution in [0.15, 0.2) is 39.7 Å². The van der Waals surface area contributed by atoms with Crippen molar-refractivity contribution >= 4 is 51.9 Å². The van der Waals surface area contributed by atoms with Crippen LogP contribution in [0.5, 0.6) is 0 Å². The van der Waals surface area contributed by atoms with Gasteiger partial charge in [0.05, 0.1) is 18.1 Å². The maximum absolute atomic E-state index is 13.9. The molecule has 0 N–H and O–H groups in total. The zero-order valence-corrected chi connectivity index (χ0v) is 24.5. The summed E-state index contributed by atoms with van der Waals surface area (Å²) >= 11 is 13.4. The third-order valence-electron chi connectivity index (χ3n) is 9.56. The van der Waals surface area contributed by atoms with E-state index < -0.39 is 0 Å². The smallest absolute Gasteiger partial charge is 0.266 e. The molecule has 206 valence electrons. The second-order valence-corrected chi connectivity index (χ2v) is 14.1. The normalized spacial score (nSPS) is 31.7. The first-order valence-electron chi connectivity index (χ1n) is 14.5. The van der Waals surface area contributed by atoms with E-state index in [-0.39, 0.29) is 11.9 Å². The molecule has 5 nitrogen and oxygen atoms in total. The number of furan rings is 1. The van der Waals surface area contributed by atoms with Crippen molar-refractivity contribution in [2.24, 2.45) is 23.7 Å². The number of ether oxygens (including phenoxy) is 1. The maximum Gasteiger partial charge on any atom is 0.266 e. The molecule has 39 heavy (non-hydrogen) atoms. The van der Waals surface area contributed by atoms with Gasteiger partial charge in [0.1, 0.15) is 15.8 Å². The molecule has 4 saturated carbocycles. The molecule has 6 aliphatic rings. The molecular formula is C31H35ClN2O3S2. The molecular weight excluding hydrogens is 548 g/mol. The van der Waals surface area contributed by atoms with Gasteiger partial charge in [-0.05, 0) is 111 Å². The van der Waals surface area contributed by atoms with Crippen molar-refractivity contribution < 1.29 is 13.9 Å². The number of rotatable bonds is 7. The molecule has 2 aromatic rings. The fourth-order valence-corrected chi connectivity index (χ4v) is 9.45. The fourth-order valence-electron chi connectivity index (χ4n) is 8.01. The van der Waals surface area contributed by atoms with Gasteiger partial charge in [0.2, 0.25) is 0 Å². The van der Waals surface area contributed by atoms with E-state index in [4.69, 9.17) is 33.0 Å². The van der Waals surface area contributed by atoms with Gasteiger partial charge in [-0.15, -0.1) is 0 Å². The van der Waals surface area contributed by atoms with E-state index in [9.17, 15) is 4.79 Å². The number of amides is 1. The van der Waals surface area contributed by atoms with Gasteiger partial charge in [-0.1, -0.05) is 35.6 Å². The van der Waals surface area contributed by atoms with Crippen molar-refractivity contribution in [1.29, 1.82) is 0 Å². The number of carbonyl (C=O) groups excluding carboxylic acids is 1. The number of aryl methyl sites for hydroxylation is 1. The van der Waals surface area contributed by atoms with Crippen molar-refractivity contribution in [2.45, 2.75) is 51.0 Å². The number of thiocarbonyl (C=S) groups is 1. The van der Waals surface area contributed by atoms with E-state index in [1.165, 1.54) is 43.9 Å². The van der Waals surface area contributed by atoms with E-state index >= 15 is 0 Å². The average molecular weight is 583 g/mol. The molecule has 0 spiro atoms. The monoisotopic (exact) mass is 582 g/mol. The molecule has 2 aliphatic heterocycles. The molecule has 0 radical (unpaired) electrons. The SMILES string of the molecule is O=C1/C(=C/c2oc(-c3ccc(Cl)cc3)cc2CCCN2CCOCC2)SC(=S)N1C1C2CC3CC(C2)CC1C3. The fraction of sp³-hybridized carbons (Fsp3) is 0.548. The molecule has 2 saturated heterocycles. The maximum atomic E-state index is 13.9. The van der Waals surface area contributed by atoms with Crippen molar-refractivity contribution in [1.82, 2.24) is 9.80 Å². The molecule has 6 fully saturated rings. The lowest BCUT2D eigenvalue weighted by Gasteiger charge is -2.56. The van der Waals surface area contributed by atoms with Gasteiger partial charge in [0, 0.05) is 35.8 Å². The number of hydrogen-bond acceptors (Lipinski definition) is 6. The minimum absolute atomic E-state index is 0.0752. The Morgan fingerprint density at radius 2 is 1.72 bits per heavy atom. The Kier molecular flexibility index (Phi) is 7.39. The third-order valence-corrected chi connectivity index (χ3v) is 11.1. The Labute approximate surface area is 245 Å². The van der Waals surface area contributed by atoms with Crippen LogP contribution in [0.4, 0.5) is 0 Å². The zero-order chi connectivity index (χ0) is 26.5. The third kappa shape index (κ3) is 5.26. The number of morpholine rings is 1. The van der Waals surface area contributed by atoms with E-state index in [0.29, 0.717) is 21.8 Å². The lowest BCUT2D eigenvalue weighted by atomic mass is 9.54. The zero-order valence-electron chi connectivity index (χ0n) is 22.1. The van der Waals surface area contributed by atoms with Gasteiger partial charge in [-0.25, -0.2) is 0 Å². The van der Waals surface area contributed by atoms with Crippen LogP contribution in [0.1, 0.15) is 49.8 Å². The van der Waals surface area contributed by atoms with Gasteiger partial charge in [0.15, 0.2) is 0 Å². The van der Waals surface area contributed by atoms with Crippen LogP contribution < -0.4 is 0 Å². The lowest BCUT2D eigenvalue weighted by molar-refractivity contribution is -0.130. The summed E-state index contributed by atoms with van der Waals surface area (Å²) in [5.41, 5.74) is 2.11. The molecule has 4 bridgehead atoms. The first-order chi connectivity index (χ1) is 19.0. The summed E-state index contributed by atoms with van der Waals surface area (Å²) in [6.45, 7) is 4.62. The Balaban J connectivity index is 1.14. The highest BCUT2D eigenvalue weighted by molar-refractivity contribution is 8.26. The average Bonchev–Trinajstić information content (AvgIpc) is 3.45. The van der Waals surface area contributed by atoms with E-state index in [0.717, 1.165) is 84.5 Å². The summed E-state index contributed by atoms with van der Waals surface area (Å²) in [7, 11) is 0. The molecule has 1 amide bonds. The van der Waals surface area contributed by atoms with Crippen molar-refractivity contribution in [2.75, 3.05) is 32.8 Å². The van der Waals surface area contributed by atoms with Crippen LogP contribution in [0.25, 0.3) is 17.4 Å². The van der Waals surface area contributed by atoms with Gasteiger partial charge >= 0.3 is 0 Å². The molecule has 8 rings (SSSR count). The number of hydrogen-bond donors (Lipinski definition) is 0. The van der Waals surface area contributed by atoms with Crippen LogP contribution in [0.3, 0.4) is 0 Å². The Morgan fingerprint density at radius 1 is 1.03 bits per heavy atom. The molecule has 4 aliphatic carbocycles. The standard InChI is InChI=1S/C31H35ClN2O3S2/c32-25-5-3-21(4-6-25)26-17-22(2-1-7-33-8-10-36-11-9-33)27(37-26)18-28-30(35)34(31(38)39-28)29-23-13-19-12-20(15-23)16-24(29)14-19/h3-6,17-20,23-24,29H,1-2,7-16H2/b28-18-. The Morgan fingerprint density at radius 3 is 2.41 bits per heavy atom. The highest BCUT2D eigenvalue weighted by atomic mass is 35.5. The first kappa shape index (κ1) is 26.3. The Hall–Kier alpha value is -1.64. The quantitative estimate of drug-likeness (QED) is 0.262. The van der Waals surface area contributed by atoms with Gasteiger partial charge in [-0.2, -0.15) is 0 Å². The minimum Gasteiger partial charge on any atom is -0.456 e. The number of nitrogens with zero attached hydrogens (tertiary/aromatic N) is 2. The van der Waals surface area contributed by atoms with Crippen LogP contribution >= 0.6 is 35.6 Å². The molecule has 1 aromatic carbocycles. The van der Waals surface area contributed by atoms with Crippen LogP contribution in [0.2, 0.25) is 5.02 Å². The number of halogens is 1. The molecule has 8 heteroatoms. The van der Waals surface area contributed by atoms with Gasteiger partial charge in [0.25, 0.3) is 5.91 Å². The number of carbonyl (C=O) groups is 1.